The van der Waals surface area contributed by atoms with Crippen LogP contribution in [0.15, 0.2) is 30.3 Å². The van der Waals surface area contributed by atoms with Crippen molar-refractivity contribution < 1.29 is 19.4 Å². The molecule has 0 aromatic heterocycles. The second-order valence-electron chi connectivity index (χ2n) is 5.27. The molecule has 0 spiro atoms. The van der Waals surface area contributed by atoms with Crippen LogP contribution in [0, 0.1) is 5.92 Å². The fraction of sp³-hybridized carbons (Fsp3) is 0.500. The molecule has 21 heavy (non-hydrogen) atoms. The van der Waals surface area contributed by atoms with E-state index in [0.717, 1.165) is 5.56 Å². The molecule has 0 radical (unpaired) electrons. The Hall–Kier alpha value is -2.04. The fourth-order valence-electron chi connectivity index (χ4n) is 2.18. The second-order valence-corrected chi connectivity index (χ2v) is 5.27. The van der Waals surface area contributed by atoms with Crippen LogP contribution in [0.5, 0.6) is 0 Å². The van der Waals surface area contributed by atoms with Crippen molar-refractivity contribution in [1.29, 1.82) is 0 Å². The van der Waals surface area contributed by atoms with Gasteiger partial charge in [0.2, 0.25) is 0 Å². The smallest absolute Gasteiger partial charge is 0.410 e. The minimum Gasteiger partial charge on any atom is -0.481 e. The van der Waals surface area contributed by atoms with Crippen LogP contribution < -0.4 is 0 Å². The number of carboxylic acid groups (broad SMARTS) is 1. The topological polar surface area (TPSA) is 66.8 Å². The van der Waals surface area contributed by atoms with Crippen molar-refractivity contribution in [3.8, 4) is 0 Å². The number of carboxylic acids is 1. The summed E-state index contributed by atoms with van der Waals surface area (Å²) in [6.45, 7) is 6.41. The van der Waals surface area contributed by atoms with E-state index in [9.17, 15) is 9.59 Å². The minimum absolute atomic E-state index is 0.143. The lowest BCUT2D eigenvalue weighted by Crippen LogP contribution is -2.39. The summed E-state index contributed by atoms with van der Waals surface area (Å²) in [6.07, 6.45) is -0.614. The third kappa shape index (κ3) is 5.45. The van der Waals surface area contributed by atoms with E-state index in [1.807, 2.05) is 44.2 Å². The van der Waals surface area contributed by atoms with Gasteiger partial charge in [-0.15, -0.1) is 0 Å². The van der Waals surface area contributed by atoms with Crippen LogP contribution in [0.3, 0.4) is 0 Å². The van der Waals surface area contributed by atoms with Gasteiger partial charge in [0.1, 0.15) is 0 Å². The van der Waals surface area contributed by atoms with Crippen LogP contribution in [0.2, 0.25) is 0 Å². The SMILES string of the molecule is CCOC(=O)N(CC(C)C)C(CC(=O)O)c1ccccc1. The molecular formula is C16H23NO4. The van der Waals surface area contributed by atoms with Crippen molar-refractivity contribution >= 4 is 12.1 Å². The average Bonchev–Trinajstić information content (AvgIpc) is 2.43. The Balaban J connectivity index is 3.10. The molecular weight excluding hydrogens is 270 g/mol. The van der Waals surface area contributed by atoms with Crippen LogP contribution in [0.1, 0.15) is 38.8 Å². The third-order valence-electron chi connectivity index (χ3n) is 2.99. The van der Waals surface area contributed by atoms with Gasteiger partial charge in [-0.05, 0) is 18.4 Å². The highest BCUT2D eigenvalue weighted by molar-refractivity contribution is 5.72. The zero-order valence-corrected chi connectivity index (χ0v) is 12.8. The molecule has 1 aromatic carbocycles. The molecule has 5 heteroatoms. The first-order valence-electron chi connectivity index (χ1n) is 7.15. The second kappa shape index (κ2) is 8.29. The van der Waals surface area contributed by atoms with Crippen LogP contribution in [0.25, 0.3) is 0 Å². The molecule has 5 nitrogen and oxygen atoms in total. The van der Waals surface area contributed by atoms with Gasteiger partial charge in [-0.2, -0.15) is 0 Å². The number of rotatable bonds is 7. The monoisotopic (exact) mass is 293 g/mol. The number of hydrogen-bond donors (Lipinski definition) is 1. The van der Waals surface area contributed by atoms with E-state index in [2.05, 4.69) is 0 Å². The maximum absolute atomic E-state index is 12.2. The summed E-state index contributed by atoms with van der Waals surface area (Å²) in [5, 5.41) is 9.16. The molecule has 0 bridgehead atoms. The number of ether oxygens (including phenoxy) is 1. The molecule has 0 fully saturated rings. The van der Waals surface area contributed by atoms with E-state index in [-0.39, 0.29) is 18.9 Å². The molecule has 116 valence electrons. The molecule has 1 aromatic rings. The Morgan fingerprint density at radius 2 is 1.86 bits per heavy atom. The van der Waals surface area contributed by atoms with Gasteiger partial charge in [-0.1, -0.05) is 44.2 Å². The Morgan fingerprint density at radius 1 is 1.24 bits per heavy atom. The van der Waals surface area contributed by atoms with E-state index in [0.29, 0.717) is 6.54 Å². The standard InChI is InChI=1S/C16H23NO4/c1-4-21-16(20)17(11-12(2)3)14(10-15(18)19)13-8-6-5-7-9-13/h5-9,12,14H,4,10-11H2,1-3H3,(H,18,19). The van der Waals surface area contributed by atoms with Gasteiger partial charge in [-0.25, -0.2) is 4.79 Å². The molecule has 1 N–H and O–H groups in total. The first-order chi connectivity index (χ1) is 9.95. The van der Waals surface area contributed by atoms with Gasteiger partial charge in [0.25, 0.3) is 0 Å². The van der Waals surface area contributed by atoms with E-state index >= 15 is 0 Å². The van der Waals surface area contributed by atoms with Crippen molar-refractivity contribution in [2.24, 2.45) is 5.92 Å². The quantitative estimate of drug-likeness (QED) is 0.837. The Morgan fingerprint density at radius 3 is 2.33 bits per heavy atom. The van der Waals surface area contributed by atoms with Crippen molar-refractivity contribution in [3.63, 3.8) is 0 Å². The highest BCUT2D eigenvalue weighted by Crippen LogP contribution is 2.26. The van der Waals surface area contributed by atoms with Crippen molar-refractivity contribution in [2.75, 3.05) is 13.2 Å². The molecule has 0 saturated heterocycles. The largest absolute Gasteiger partial charge is 0.481 e. The summed E-state index contributed by atoms with van der Waals surface area (Å²) in [6, 6.07) is 8.68. The van der Waals surface area contributed by atoms with Gasteiger partial charge < -0.3 is 14.7 Å². The molecule has 1 unspecified atom stereocenters. The molecule has 1 atom stereocenters. The maximum atomic E-state index is 12.2. The normalized spacial score (nSPS) is 12.0. The predicted molar refractivity (Wildman–Crippen MR) is 80.0 cm³/mol. The predicted octanol–water partition coefficient (Wildman–Crippen LogP) is 3.32. The highest BCUT2D eigenvalue weighted by atomic mass is 16.6. The number of nitrogens with zero attached hydrogens (tertiary/aromatic N) is 1. The Bertz CT molecular complexity index is 459. The maximum Gasteiger partial charge on any atom is 0.410 e. The van der Waals surface area contributed by atoms with Gasteiger partial charge in [0, 0.05) is 6.54 Å². The lowest BCUT2D eigenvalue weighted by molar-refractivity contribution is -0.138. The van der Waals surface area contributed by atoms with Crippen molar-refractivity contribution in [3.05, 3.63) is 35.9 Å². The first-order valence-corrected chi connectivity index (χ1v) is 7.15. The summed E-state index contributed by atoms with van der Waals surface area (Å²) >= 11 is 0. The average molecular weight is 293 g/mol. The summed E-state index contributed by atoms with van der Waals surface area (Å²) in [5.74, 6) is -0.726. The Kier molecular flexibility index (Phi) is 6.72. The number of aliphatic carboxylic acids is 1. The lowest BCUT2D eigenvalue weighted by Gasteiger charge is -2.31. The van der Waals surface area contributed by atoms with Gasteiger partial charge in [-0.3, -0.25) is 4.79 Å². The zero-order valence-electron chi connectivity index (χ0n) is 12.8. The molecule has 1 rings (SSSR count). The Labute approximate surface area is 125 Å². The molecule has 0 aliphatic rings. The lowest BCUT2D eigenvalue weighted by atomic mass is 10.0. The number of benzene rings is 1. The van der Waals surface area contributed by atoms with Crippen LogP contribution in [-0.4, -0.2) is 35.2 Å². The van der Waals surface area contributed by atoms with Crippen LogP contribution in [-0.2, 0) is 9.53 Å². The molecule has 0 aliphatic carbocycles. The highest BCUT2D eigenvalue weighted by Gasteiger charge is 2.28. The van der Waals surface area contributed by atoms with Crippen LogP contribution >= 0.6 is 0 Å². The third-order valence-corrected chi connectivity index (χ3v) is 2.99. The fourth-order valence-corrected chi connectivity index (χ4v) is 2.18. The minimum atomic E-state index is -0.943. The number of carbonyl (C=O) groups is 2. The van der Waals surface area contributed by atoms with Crippen molar-refractivity contribution in [2.45, 2.75) is 33.2 Å². The number of amides is 1. The van der Waals surface area contributed by atoms with E-state index in [4.69, 9.17) is 9.84 Å². The van der Waals surface area contributed by atoms with Gasteiger partial charge in [0.05, 0.1) is 19.1 Å². The van der Waals surface area contributed by atoms with Crippen molar-refractivity contribution in [1.82, 2.24) is 4.90 Å². The van der Waals surface area contributed by atoms with E-state index < -0.39 is 18.1 Å². The number of hydrogen-bond acceptors (Lipinski definition) is 3. The van der Waals surface area contributed by atoms with Crippen LogP contribution in [0.4, 0.5) is 4.79 Å². The number of carbonyl (C=O) groups excluding carboxylic acids is 1. The summed E-state index contributed by atoms with van der Waals surface area (Å²) in [5.41, 5.74) is 0.800. The van der Waals surface area contributed by atoms with Gasteiger partial charge >= 0.3 is 12.1 Å². The summed E-state index contributed by atoms with van der Waals surface area (Å²) in [4.78, 5) is 24.9. The first kappa shape index (κ1) is 17.0. The molecule has 0 saturated carbocycles. The zero-order chi connectivity index (χ0) is 15.8. The van der Waals surface area contributed by atoms with E-state index in [1.54, 1.807) is 6.92 Å². The van der Waals surface area contributed by atoms with E-state index in [1.165, 1.54) is 4.90 Å². The summed E-state index contributed by atoms with van der Waals surface area (Å²) < 4.78 is 5.08. The summed E-state index contributed by atoms with van der Waals surface area (Å²) in [7, 11) is 0. The molecule has 1 amide bonds. The van der Waals surface area contributed by atoms with Gasteiger partial charge in [0.15, 0.2) is 0 Å². The molecule has 0 heterocycles. The molecule has 0 aliphatic heterocycles.